The van der Waals surface area contributed by atoms with Crippen molar-refractivity contribution in [3.8, 4) is 5.75 Å². The van der Waals surface area contributed by atoms with Gasteiger partial charge < -0.3 is 15.2 Å². The van der Waals surface area contributed by atoms with Crippen LogP contribution in [0.5, 0.6) is 5.75 Å². The molecule has 0 bridgehead atoms. The monoisotopic (exact) mass is 282 g/mol. The van der Waals surface area contributed by atoms with E-state index in [9.17, 15) is 4.39 Å². The lowest BCUT2D eigenvalue weighted by Crippen LogP contribution is -2.54. The highest BCUT2D eigenvalue weighted by Crippen LogP contribution is 2.17. The average Bonchev–Trinajstić information content (AvgIpc) is 2.47. The van der Waals surface area contributed by atoms with Crippen molar-refractivity contribution in [3.63, 3.8) is 0 Å². The molecule has 1 saturated heterocycles. The zero-order valence-corrected chi connectivity index (χ0v) is 11.9. The minimum Gasteiger partial charge on any atom is -0.494 e. The molecule has 5 heteroatoms. The van der Waals surface area contributed by atoms with E-state index in [1.54, 1.807) is 19.2 Å². The number of likely N-dealkylation sites (tertiary alicyclic amines) is 1. The number of nitrogens with two attached hydrogens (primary N) is 1. The molecule has 1 heterocycles. The molecule has 20 heavy (non-hydrogen) atoms. The molecular formula is C15H23FN2O2. The second-order valence-corrected chi connectivity index (χ2v) is 5.10. The molecule has 1 aliphatic heterocycles. The van der Waals surface area contributed by atoms with Crippen molar-refractivity contribution >= 4 is 0 Å². The highest BCUT2D eigenvalue weighted by molar-refractivity contribution is 5.21. The first kappa shape index (κ1) is 15.2. The van der Waals surface area contributed by atoms with Crippen LogP contribution in [0.25, 0.3) is 0 Å². The number of rotatable bonds is 6. The number of hydrogen-bond acceptors (Lipinski definition) is 4. The highest BCUT2D eigenvalue weighted by atomic mass is 19.1. The van der Waals surface area contributed by atoms with Crippen molar-refractivity contribution in [2.45, 2.75) is 31.5 Å². The fourth-order valence-corrected chi connectivity index (χ4v) is 2.56. The Morgan fingerprint density at radius 1 is 1.35 bits per heavy atom. The maximum absolute atomic E-state index is 12.7. The number of benzene rings is 1. The van der Waals surface area contributed by atoms with Crippen LogP contribution in [0, 0.1) is 5.82 Å². The van der Waals surface area contributed by atoms with E-state index >= 15 is 0 Å². The third kappa shape index (κ3) is 4.16. The highest BCUT2D eigenvalue weighted by Gasteiger charge is 2.27. The van der Waals surface area contributed by atoms with Gasteiger partial charge in [0.2, 0.25) is 0 Å². The molecule has 0 radical (unpaired) electrons. The summed E-state index contributed by atoms with van der Waals surface area (Å²) < 4.78 is 23.7. The van der Waals surface area contributed by atoms with Gasteiger partial charge in [-0.15, -0.1) is 0 Å². The van der Waals surface area contributed by atoms with Gasteiger partial charge in [0.15, 0.2) is 0 Å². The van der Waals surface area contributed by atoms with E-state index in [2.05, 4.69) is 4.90 Å². The molecule has 0 aromatic heterocycles. The maximum atomic E-state index is 12.7. The van der Waals surface area contributed by atoms with Gasteiger partial charge in [0.05, 0.1) is 18.9 Å². The van der Waals surface area contributed by atoms with Crippen LogP contribution in [-0.4, -0.2) is 44.0 Å². The topological polar surface area (TPSA) is 47.7 Å². The molecule has 1 aromatic rings. The van der Waals surface area contributed by atoms with Crippen LogP contribution in [0.1, 0.15) is 19.3 Å². The average molecular weight is 282 g/mol. The van der Waals surface area contributed by atoms with Gasteiger partial charge in [0, 0.05) is 13.7 Å². The standard InChI is InChI=1S/C15H23FN2O2/c1-19-14-4-2-9-18(15(14)17)10-3-11-20-13-7-5-12(16)6-8-13/h5-8,14-15H,2-4,9-11,17H2,1H3. The molecule has 0 amide bonds. The number of hydrogen-bond donors (Lipinski definition) is 1. The molecule has 4 nitrogen and oxygen atoms in total. The van der Waals surface area contributed by atoms with Crippen LogP contribution in [0.2, 0.25) is 0 Å². The summed E-state index contributed by atoms with van der Waals surface area (Å²) in [6, 6.07) is 6.09. The Hall–Kier alpha value is -1.17. The normalized spacial score (nSPS) is 23.8. The van der Waals surface area contributed by atoms with Crippen LogP contribution >= 0.6 is 0 Å². The van der Waals surface area contributed by atoms with E-state index in [4.69, 9.17) is 15.2 Å². The molecule has 0 spiro atoms. The fraction of sp³-hybridized carbons (Fsp3) is 0.600. The van der Waals surface area contributed by atoms with E-state index in [0.29, 0.717) is 12.4 Å². The summed E-state index contributed by atoms with van der Waals surface area (Å²) in [6.07, 6.45) is 3.13. The number of piperidine rings is 1. The van der Waals surface area contributed by atoms with E-state index in [0.717, 1.165) is 32.4 Å². The largest absolute Gasteiger partial charge is 0.494 e. The zero-order valence-electron chi connectivity index (χ0n) is 11.9. The number of halogens is 1. The molecule has 1 aliphatic rings. The van der Waals surface area contributed by atoms with Gasteiger partial charge in [-0.05, 0) is 50.1 Å². The van der Waals surface area contributed by atoms with E-state index in [1.807, 2.05) is 0 Å². The summed E-state index contributed by atoms with van der Waals surface area (Å²) in [6.45, 7) is 2.51. The van der Waals surface area contributed by atoms with Crippen molar-refractivity contribution in [2.24, 2.45) is 5.73 Å². The van der Waals surface area contributed by atoms with Crippen LogP contribution in [0.3, 0.4) is 0 Å². The predicted molar refractivity (Wildman–Crippen MR) is 76.1 cm³/mol. The Kier molecular flexibility index (Phi) is 5.76. The van der Waals surface area contributed by atoms with Gasteiger partial charge in [0.1, 0.15) is 11.6 Å². The van der Waals surface area contributed by atoms with Crippen LogP contribution in [-0.2, 0) is 4.74 Å². The zero-order chi connectivity index (χ0) is 14.4. The smallest absolute Gasteiger partial charge is 0.123 e. The number of nitrogens with zero attached hydrogens (tertiary/aromatic N) is 1. The molecule has 2 N–H and O–H groups in total. The molecule has 1 fully saturated rings. The molecule has 112 valence electrons. The number of ether oxygens (including phenoxy) is 2. The molecular weight excluding hydrogens is 259 g/mol. The predicted octanol–water partition coefficient (Wildman–Crippen LogP) is 1.99. The third-order valence-corrected chi connectivity index (χ3v) is 3.71. The Morgan fingerprint density at radius 3 is 2.80 bits per heavy atom. The van der Waals surface area contributed by atoms with E-state index in [1.165, 1.54) is 12.1 Å². The van der Waals surface area contributed by atoms with Gasteiger partial charge >= 0.3 is 0 Å². The molecule has 2 unspecified atom stereocenters. The maximum Gasteiger partial charge on any atom is 0.123 e. The molecule has 2 atom stereocenters. The van der Waals surface area contributed by atoms with E-state index in [-0.39, 0.29) is 18.1 Å². The second kappa shape index (κ2) is 7.57. The summed E-state index contributed by atoms with van der Waals surface area (Å²) in [5.74, 6) is 0.450. The van der Waals surface area contributed by atoms with Crippen LogP contribution < -0.4 is 10.5 Å². The minimum atomic E-state index is -0.248. The van der Waals surface area contributed by atoms with Crippen molar-refractivity contribution in [2.75, 3.05) is 26.8 Å². The fourth-order valence-electron chi connectivity index (χ4n) is 2.56. The molecule has 1 aromatic carbocycles. The van der Waals surface area contributed by atoms with Gasteiger partial charge in [-0.3, -0.25) is 4.90 Å². The van der Waals surface area contributed by atoms with E-state index < -0.39 is 0 Å². The van der Waals surface area contributed by atoms with Crippen molar-refractivity contribution < 1.29 is 13.9 Å². The first-order chi connectivity index (χ1) is 9.70. The summed E-state index contributed by atoms with van der Waals surface area (Å²) >= 11 is 0. The molecule has 0 aliphatic carbocycles. The van der Waals surface area contributed by atoms with Gasteiger partial charge in [0.25, 0.3) is 0 Å². The van der Waals surface area contributed by atoms with Crippen LogP contribution in [0.4, 0.5) is 4.39 Å². The Labute approximate surface area is 119 Å². The van der Waals surface area contributed by atoms with Crippen molar-refractivity contribution in [1.29, 1.82) is 0 Å². The Morgan fingerprint density at radius 2 is 2.10 bits per heavy atom. The van der Waals surface area contributed by atoms with Crippen molar-refractivity contribution in [3.05, 3.63) is 30.1 Å². The second-order valence-electron chi connectivity index (χ2n) is 5.10. The van der Waals surface area contributed by atoms with Gasteiger partial charge in [-0.2, -0.15) is 0 Å². The SMILES string of the molecule is COC1CCCN(CCCOc2ccc(F)cc2)C1N. The first-order valence-corrected chi connectivity index (χ1v) is 7.11. The Balaban J connectivity index is 1.69. The summed E-state index contributed by atoms with van der Waals surface area (Å²) in [5, 5.41) is 0. The lowest BCUT2D eigenvalue weighted by atomic mass is 10.0. The van der Waals surface area contributed by atoms with Gasteiger partial charge in [-0.25, -0.2) is 4.39 Å². The van der Waals surface area contributed by atoms with Gasteiger partial charge in [-0.1, -0.05) is 0 Å². The van der Waals surface area contributed by atoms with Crippen LogP contribution in [0.15, 0.2) is 24.3 Å². The lowest BCUT2D eigenvalue weighted by Gasteiger charge is -2.38. The first-order valence-electron chi connectivity index (χ1n) is 7.11. The number of methoxy groups -OCH3 is 1. The third-order valence-electron chi connectivity index (χ3n) is 3.71. The summed E-state index contributed by atoms with van der Waals surface area (Å²) in [7, 11) is 1.71. The minimum absolute atomic E-state index is 0.0282. The summed E-state index contributed by atoms with van der Waals surface area (Å²) in [5.41, 5.74) is 6.16. The quantitative estimate of drug-likeness (QED) is 0.811. The Bertz CT molecular complexity index is 399. The molecule has 0 saturated carbocycles. The lowest BCUT2D eigenvalue weighted by molar-refractivity contribution is -0.0172. The van der Waals surface area contributed by atoms with Crippen molar-refractivity contribution in [1.82, 2.24) is 4.90 Å². The summed E-state index contributed by atoms with van der Waals surface area (Å²) in [4.78, 5) is 2.24. The molecule has 2 rings (SSSR count).